The van der Waals surface area contributed by atoms with Gasteiger partial charge in [-0.3, -0.25) is 4.79 Å². The molecule has 1 amide bonds. The molecule has 20 heavy (non-hydrogen) atoms. The SMILES string of the molecule is NC(=O)C(Nc1ccccc1F)c1cc(Cl)ccc1Cl. The van der Waals surface area contributed by atoms with Gasteiger partial charge in [-0.05, 0) is 30.3 Å². The topological polar surface area (TPSA) is 55.1 Å². The molecule has 0 spiro atoms. The maximum Gasteiger partial charge on any atom is 0.244 e. The molecule has 0 aliphatic carbocycles. The van der Waals surface area contributed by atoms with Crippen molar-refractivity contribution in [1.29, 1.82) is 0 Å². The van der Waals surface area contributed by atoms with Crippen LogP contribution in [0, 0.1) is 5.82 Å². The quantitative estimate of drug-likeness (QED) is 0.903. The van der Waals surface area contributed by atoms with E-state index in [-0.39, 0.29) is 5.69 Å². The normalized spacial score (nSPS) is 11.9. The highest BCUT2D eigenvalue weighted by molar-refractivity contribution is 6.33. The number of nitrogens with one attached hydrogen (secondary N) is 1. The fraction of sp³-hybridized carbons (Fsp3) is 0.0714. The summed E-state index contributed by atoms with van der Waals surface area (Å²) in [5.74, 6) is -1.17. The van der Waals surface area contributed by atoms with Crippen molar-refractivity contribution in [3.05, 3.63) is 63.9 Å². The van der Waals surface area contributed by atoms with E-state index in [1.807, 2.05) is 0 Å². The Bertz CT molecular complexity index is 649. The molecule has 0 aromatic heterocycles. The summed E-state index contributed by atoms with van der Waals surface area (Å²) in [6.45, 7) is 0. The molecule has 1 atom stereocenters. The standard InChI is InChI=1S/C14H11Cl2FN2O/c15-8-5-6-10(16)9(7-8)13(14(18)20)19-12-4-2-1-3-11(12)17/h1-7,13,19H,(H2,18,20). The number of anilines is 1. The molecule has 0 aliphatic rings. The van der Waals surface area contributed by atoms with Crippen LogP contribution in [0.3, 0.4) is 0 Å². The van der Waals surface area contributed by atoms with Crippen molar-refractivity contribution in [2.24, 2.45) is 5.73 Å². The van der Waals surface area contributed by atoms with Crippen LogP contribution in [0.1, 0.15) is 11.6 Å². The smallest absolute Gasteiger partial charge is 0.244 e. The van der Waals surface area contributed by atoms with E-state index in [0.717, 1.165) is 0 Å². The number of halogens is 3. The number of para-hydroxylation sites is 1. The Balaban J connectivity index is 2.40. The summed E-state index contributed by atoms with van der Waals surface area (Å²) in [6.07, 6.45) is 0. The van der Waals surface area contributed by atoms with E-state index in [4.69, 9.17) is 28.9 Å². The summed E-state index contributed by atoms with van der Waals surface area (Å²) < 4.78 is 13.6. The fourth-order valence-corrected chi connectivity index (χ4v) is 2.18. The summed E-state index contributed by atoms with van der Waals surface area (Å²) in [7, 11) is 0. The largest absolute Gasteiger partial charge is 0.368 e. The molecule has 0 bridgehead atoms. The van der Waals surface area contributed by atoms with Gasteiger partial charge in [-0.2, -0.15) is 0 Å². The Labute approximate surface area is 125 Å². The van der Waals surface area contributed by atoms with Gasteiger partial charge >= 0.3 is 0 Å². The highest BCUT2D eigenvalue weighted by atomic mass is 35.5. The van der Waals surface area contributed by atoms with Crippen LogP contribution in [0.15, 0.2) is 42.5 Å². The van der Waals surface area contributed by atoms with Gasteiger partial charge in [0, 0.05) is 15.6 Å². The van der Waals surface area contributed by atoms with Crippen molar-refractivity contribution >= 4 is 34.8 Å². The van der Waals surface area contributed by atoms with E-state index in [1.165, 1.54) is 18.2 Å². The third-order valence-electron chi connectivity index (χ3n) is 2.73. The Kier molecular flexibility index (Phi) is 4.47. The summed E-state index contributed by atoms with van der Waals surface area (Å²) in [6, 6.07) is 9.66. The first-order chi connectivity index (χ1) is 9.49. The number of benzene rings is 2. The molecule has 0 saturated carbocycles. The highest BCUT2D eigenvalue weighted by Crippen LogP contribution is 2.29. The van der Waals surface area contributed by atoms with Gasteiger partial charge in [0.1, 0.15) is 11.9 Å². The lowest BCUT2D eigenvalue weighted by atomic mass is 10.1. The third-order valence-corrected chi connectivity index (χ3v) is 3.31. The van der Waals surface area contributed by atoms with Gasteiger partial charge in [0.2, 0.25) is 5.91 Å². The molecule has 2 rings (SSSR count). The van der Waals surface area contributed by atoms with Crippen LogP contribution in [0.2, 0.25) is 10.0 Å². The van der Waals surface area contributed by atoms with Gasteiger partial charge in [0.25, 0.3) is 0 Å². The molecule has 3 nitrogen and oxygen atoms in total. The molecule has 0 radical (unpaired) electrons. The summed E-state index contributed by atoms with van der Waals surface area (Å²) >= 11 is 11.9. The first kappa shape index (κ1) is 14.6. The number of carbonyl (C=O) groups excluding carboxylic acids is 1. The second-order valence-corrected chi connectivity index (χ2v) is 4.97. The van der Waals surface area contributed by atoms with Crippen LogP contribution in [0.4, 0.5) is 10.1 Å². The first-order valence-electron chi connectivity index (χ1n) is 5.74. The minimum Gasteiger partial charge on any atom is -0.368 e. The molecule has 1 unspecified atom stereocenters. The number of amides is 1. The molecule has 104 valence electrons. The number of primary amides is 1. The molecule has 0 saturated heterocycles. The van der Waals surface area contributed by atoms with Crippen LogP contribution >= 0.6 is 23.2 Å². The Morgan fingerprint density at radius 3 is 2.55 bits per heavy atom. The van der Waals surface area contributed by atoms with Gasteiger partial charge in [-0.25, -0.2) is 4.39 Å². The van der Waals surface area contributed by atoms with Gasteiger partial charge in [-0.1, -0.05) is 35.3 Å². The number of hydrogen-bond donors (Lipinski definition) is 2. The van der Waals surface area contributed by atoms with Crippen molar-refractivity contribution in [2.45, 2.75) is 6.04 Å². The van der Waals surface area contributed by atoms with E-state index >= 15 is 0 Å². The van der Waals surface area contributed by atoms with Crippen LogP contribution in [-0.2, 0) is 4.79 Å². The third kappa shape index (κ3) is 3.21. The zero-order valence-corrected chi connectivity index (χ0v) is 11.8. The Morgan fingerprint density at radius 2 is 1.90 bits per heavy atom. The number of nitrogens with two attached hydrogens (primary N) is 1. The van der Waals surface area contributed by atoms with E-state index in [9.17, 15) is 9.18 Å². The molecule has 0 aliphatic heterocycles. The van der Waals surface area contributed by atoms with Crippen molar-refractivity contribution in [2.75, 3.05) is 5.32 Å². The molecule has 2 aromatic carbocycles. The molecular weight excluding hydrogens is 302 g/mol. The highest BCUT2D eigenvalue weighted by Gasteiger charge is 2.21. The van der Waals surface area contributed by atoms with Crippen LogP contribution in [0.25, 0.3) is 0 Å². The van der Waals surface area contributed by atoms with E-state index in [1.54, 1.807) is 24.3 Å². The average molecular weight is 313 g/mol. The summed E-state index contributed by atoms with van der Waals surface area (Å²) in [5, 5.41) is 3.47. The maximum absolute atomic E-state index is 13.6. The zero-order valence-electron chi connectivity index (χ0n) is 10.2. The second kappa shape index (κ2) is 6.11. The zero-order chi connectivity index (χ0) is 14.7. The predicted molar refractivity (Wildman–Crippen MR) is 78.4 cm³/mol. The van der Waals surface area contributed by atoms with E-state index < -0.39 is 17.8 Å². The predicted octanol–water partition coefficient (Wildman–Crippen LogP) is 3.77. The first-order valence-corrected chi connectivity index (χ1v) is 6.50. The molecular formula is C14H11Cl2FN2O. The molecule has 0 heterocycles. The van der Waals surface area contributed by atoms with Crippen LogP contribution in [-0.4, -0.2) is 5.91 Å². The van der Waals surface area contributed by atoms with E-state index in [0.29, 0.717) is 15.6 Å². The molecule has 3 N–H and O–H groups in total. The Hall–Kier alpha value is -1.78. The minimum absolute atomic E-state index is 0.160. The Morgan fingerprint density at radius 1 is 1.20 bits per heavy atom. The van der Waals surface area contributed by atoms with Crippen molar-refractivity contribution < 1.29 is 9.18 Å². The van der Waals surface area contributed by atoms with Gasteiger partial charge in [-0.15, -0.1) is 0 Å². The molecule has 2 aromatic rings. The second-order valence-electron chi connectivity index (χ2n) is 4.13. The van der Waals surface area contributed by atoms with Gasteiger partial charge < -0.3 is 11.1 Å². The minimum atomic E-state index is -0.974. The maximum atomic E-state index is 13.6. The summed E-state index contributed by atoms with van der Waals surface area (Å²) in [5.41, 5.74) is 5.92. The van der Waals surface area contributed by atoms with Crippen molar-refractivity contribution in [3.63, 3.8) is 0 Å². The monoisotopic (exact) mass is 312 g/mol. The number of hydrogen-bond acceptors (Lipinski definition) is 2. The van der Waals surface area contributed by atoms with Crippen LogP contribution in [0.5, 0.6) is 0 Å². The number of rotatable bonds is 4. The average Bonchev–Trinajstić information content (AvgIpc) is 2.40. The molecule has 0 fully saturated rings. The van der Waals surface area contributed by atoms with Gasteiger partial charge in [0.15, 0.2) is 0 Å². The van der Waals surface area contributed by atoms with Crippen molar-refractivity contribution in [3.8, 4) is 0 Å². The number of carbonyl (C=O) groups is 1. The molecule has 6 heteroatoms. The lowest BCUT2D eigenvalue weighted by Gasteiger charge is -2.19. The lowest BCUT2D eigenvalue weighted by Crippen LogP contribution is -2.28. The van der Waals surface area contributed by atoms with E-state index in [2.05, 4.69) is 5.32 Å². The van der Waals surface area contributed by atoms with Gasteiger partial charge in [0.05, 0.1) is 5.69 Å². The fourth-order valence-electron chi connectivity index (χ4n) is 1.77. The summed E-state index contributed by atoms with van der Waals surface area (Å²) in [4.78, 5) is 11.6. The van der Waals surface area contributed by atoms with Crippen LogP contribution < -0.4 is 11.1 Å². The van der Waals surface area contributed by atoms with Crippen molar-refractivity contribution in [1.82, 2.24) is 0 Å². The lowest BCUT2D eigenvalue weighted by molar-refractivity contribution is -0.118.